The van der Waals surface area contributed by atoms with Crippen molar-refractivity contribution in [2.24, 2.45) is 0 Å². The Morgan fingerprint density at radius 1 is 1.21 bits per heavy atom. The van der Waals surface area contributed by atoms with E-state index in [0.29, 0.717) is 11.7 Å². The van der Waals surface area contributed by atoms with Crippen molar-refractivity contribution in [1.82, 2.24) is 14.8 Å². The lowest BCUT2D eigenvalue weighted by Crippen LogP contribution is -2.24. The number of amides is 1. The lowest BCUT2D eigenvalue weighted by Gasteiger charge is -2.14. The molecule has 1 aromatic heterocycles. The van der Waals surface area contributed by atoms with Gasteiger partial charge in [0.25, 0.3) is 0 Å². The zero-order valence-electron chi connectivity index (χ0n) is 16.2. The summed E-state index contributed by atoms with van der Waals surface area (Å²) in [6, 6.07) is 15.9. The number of nitrogens with one attached hydrogen (secondary N) is 2. The summed E-state index contributed by atoms with van der Waals surface area (Å²) in [6.45, 7) is 6.30. The number of aromatic amines is 1. The van der Waals surface area contributed by atoms with Gasteiger partial charge in [-0.15, -0.1) is 5.10 Å². The van der Waals surface area contributed by atoms with E-state index in [-0.39, 0.29) is 11.6 Å². The molecule has 6 nitrogen and oxygen atoms in total. The van der Waals surface area contributed by atoms with Gasteiger partial charge < -0.3 is 5.32 Å². The number of nitrogens with zero attached hydrogens (tertiary/aromatic N) is 2. The molecular formula is C21H24N4O2S. The number of H-pyrrole nitrogens is 1. The summed E-state index contributed by atoms with van der Waals surface area (Å²) in [5, 5.41) is 9.66. The van der Waals surface area contributed by atoms with Gasteiger partial charge in [-0.3, -0.25) is 9.36 Å². The van der Waals surface area contributed by atoms with Gasteiger partial charge in [-0.05, 0) is 44.4 Å². The lowest BCUT2D eigenvalue weighted by molar-refractivity contribution is -0.115. The van der Waals surface area contributed by atoms with Crippen LogP contribution in [0.5, 0.6) is 0 Å². The summed E-state index contributed by atoms with van der Waals surface area (Å²) in [4.78, 5) is 24.7. The number of rotatable bonds is 7. The Kier molecular flexibility index (Phi) is 6.36. The van der Waals surface area contributed by atoms with Crippen molar-refractivity contribution in [2.45, 2.75) is 44.1 Å². The second-order valence-corrected chi connectivity index (χ2v) is 8.07. The zero-order chi connectivity index (χ0) is 20.1. The molecule has 1 amide bonds. The number of anilines is 1. The molecule has 3 aromatic rings. The molecule has 2 aromatic carbocycles. The van der Waals surface area contributed by atoms with E-state index in [4.69, 9.17) is 0 Å². The van der Waals surface area contributed by atoms with Crippen LogP contribution in [0.3, 0.4) is 0 Å². The SMILES string of the molecule is Cc1ccc(NC(=O)[C@@H](C)Sc2n[nH]c(=O)n2CCc2ccccc2)c(C)c1. The summed E-state index contributed by atoms with van der Waals surface area (Å²) in [5.74, 6) is -0.123. The van der Waals surface area contributed by atoms with Crippen molar-refractivity contribution in [1.29, 1.82) is 0 Å². The molecule has 0 spiro atoms. The van der Waals surface area contributed by atoms with Crippen molar-refractivity contribution in [3.8, 4) is 0 Å². The second-order valence-electron chi connectivity index (χ2n) is 6.77. The molecule has 1 atom stereocenters. The summed E-state index contributed by atoms with van der Waals surface area (Å²) in [6.07, 6.45) is 0.719. The number of hydrogen-bond donors (Lipinski definition) is 2. The normalized spacial score (nSPS) is 12.0. The summed E-state index contributed by atoms with van der Waals surface area (Å²) in [5.41, 5.74) is 3.85. The minimum atomic E-state index is -0.397. The molecule has 0 saturated carbocycles. The van der Waals surface area contributed by atoms with Gasteiger partial charge in [0.05, 0.1) is 5.25 Å². The van der Waals surface area contributed by atoms with Crippen LogP contribution in [-0.2, 0) is 17.8 Å². The van der Waals surface area contributed by atoms with E-state index in [2.05, 4.69) is 15.5 Å². The molecule has 0 unspecified atom stereocenters. The Morgan fingerprint density at radius 2 is 1.96 bits per heavy atom. The van der Waals surface area contributed by atoms with Gasteiger partial charge in [-0.1, -0.05) is 59.8 Å². The molecule has 0 aliphatic carbocycles. The number of carbonyl (C=O) groups excluding carboxylic acids is 1. The van der Waals surface area contributed by atoms with E-state index in [9.17, 15) is 9.59 Å². The van der Waals surface area contributed by atoms with Crippen LogP contribution in [0.2, 0.25) is 0 Å². The third-order valence-electron chi connectivity index (χ3n) is 4.48. The molecule has 0 radical (unpaired) electrons. The summed E-state index contributed by atoms with van der Waals surface area (Å²) >= 11 is 1.27. The van der Waals surface area contributed by atoms with Crippen LogP contribution in [0.4, 0.5) is 5.69 Å². The van der Waals surface area contributed by atoms with Gasteiger partial charge in [0.1, 0.15) is 0 Å². The van der Waals surface area contributed by atoms with Crippen molar-refractivity contribution in [3.63, 3.8) is 0 Å². The Morgan fingerprint density at radius 3 is 2.68 bits per heavy atom. The molecule has 0 aliphatic rings. The highest BCUT2D eigenvalue weighted by Gasteiger charge is 2.19. The van der Waals surface area contributed by atoms with E-state index in [1.165, 1.54) is 11.8 Å². The Bertz CT molecular complexity index is 1010. The van der Waals surface area contributed by atoms with Crippen molar-refractivity contribution in [2.75, 3.05) is 5.32 Å². The first-order chi connectivity index (χ1) is 13.4. The average molecular weight is 397 g/mol. The van der Waals surface area contributed by atoms with Gasteiger partial charge in [0, 0.05) is 12.2 Å². The van der Waals surface area contributed by atoms with Crippen LogP contribution >= 0.6 is 11.8 Å². The third kappa shape index (κ3) is 4.92. The fraction of sp³-hybridized carbons (Fsp3) is 0.286. The minimum Gasteiger partial charge on any atom is -0.325 e. The molecule has 1 heterocycles. The lowest BCUT2D eigenvalue weighted by atomic mass is 10.1. The van der Waals surface area contributed by atoms with Crippen molar-refractivity contribution < 1.29 is 4.79 Å². The van der Waals surface area contributed by atoms with Crippen LogP contribution in [0.15, 0.2) is 58.5 Å². The number of carbonyl (C=O) groups is 1. The maximum atomic E-state index is 12.6. The molecule has 7 heteroatoms. The first-order valence-corrected chi connectivity index (χ1v) is 10.1. The molecule has 0 bridgehead atoms. The van der Waals surface area contributed by atoms with Gasteiger partial charge in [0.15, 0.2) is 5.16 Å². The maximum Gasteiger partial charge on any atom is 0.343 e. The van der Waals surface area contributed by atoms with E-state index >= 15 is 0 Å². The van der Waals surface area contributed by atoms with E-state index in [0.717, 1.165) is 28.8 Å². The van der Waals surface area contributed by atoms with Crippen LogP contribution < -0.4 is 11.0 Å². The van der Waals surface area contributed by atoms with Crippen LogP contribution in [0.1, 0.15) is 23.6 Å². The monoisotopic (exact) mass is 396 g/mol. The number of thioether (sulfide) groups is 1. The predicted molar refractivity (Wildman–Crippen MR) is 113 cm³/mol. The Hall–Kier alpha value is -2.80. The van der Waals surface area contributed by atoms with E-state index < -0.39 is 5.25 Å². The standard InChI is InChI=1S/C21H24N4O2S/c1-14-9-10-18(15(2)13-14)22-19(26)16(3)28-21-24-23-20(27)25(21)12-11-17-7-5-4-6-8-17/h4-10,13,16H,11-12H2,1-3H3,(H,22,26)(H,23,27)/t16-/m1/s1. The average Bonchev–Trinajstić information content (AvgIpc) is 3.02. The third-order valence-corrected chi connectivity index (χ3v) is 5.57. The fourth-order valence-corrected chi connectivity index (χ4v) is 3.76. The maximum absolute atomic E-state index is 12.6. The van der Waals surface area contributed by atoms with Crippen LogP contribution in [0.25, 0.3) is 0 Å². The van der Waals surface area contributed by atoms with Crippen molar-refractivity contribution >= 4 is 23.4 Å². The highest BCUT2D eigenvalue weighted by atomic mass is 32.2. The van der Waals surface area contributed by atoms with Crippen molar-refractivity contribution in [3.05, 3.63) is 75.7 Å². The number of aryl methyl sites for hydroxylation is 3. The zero-order valence-corrected chi connectivity index (χ0v) is 17.0. The summed E-state index contributed by atoms with van der Waals surface area (Å²) < 4.78 is 1.58. The highest BCUT2D eigenvalue weighted by Crippen LogP contribution is 2.23. The van der Waals surface area contributed by atoms with Gasteiger partial charge in [-0.25, -0.2) is 9.89 Å². The van der Waals surface area contributed by atoms with Crippen LogP contribution in [0, 0.1) is 13.8 Å². The van der Waals surface area contributed by atoms with Crippen LogP contribution in [-0.4, -0.2) is 25.9 Å². The minimum absolute atomic E-state index is 0.123. The smallest absolute Gasteiger partial charge is 0.325 e. The molecule has 3 rings (SSSR count). The molecular weight excluding hydrogens is 372 g/mol. The topological polar surface area (TPSA) is 79.8 Å². The highest BCUT2D eigenvalue weighted by molar-refractivity contribution is 8.00. The molecule has 0 fully saturated rings. The second kappa shape index (κ2) is 8.93. The molecule has 0 aliphatic heterocycles. The number of hydrogen-bond acceptors (Lipinski definition) is 4. The Labute approximate surface area is 168 Å². The first-order valence-electron chi connectivity index (χ1n) is 9.18. The largest absolute Gasteiger partial charge is 0.343 e. The number of benzene rings is 2. The summed E-state index contributed by atoms with van der Waals surface area (Å²) in [7, 11) is 0. The molecule has 146 valence electrons. The van der Waals surface area contributed by atoms with E-state index in [1.807, 2.05) is 69.3 Å². The molecule has 2 N–H and O–H groups in total. The van der Waals surface area contributed by atoms with Gasteiger partial charge in [-0.2, -0.15) is 0 Å². The predicted octanol–water partition coefficient (Wildman–Crippen LogP) is 3.55. The molecule has 0 saturated heterocycles. The molecule has 28 heavy (non-hydrogen) atoms. The first kappa shape index (κ1) is 19.9. The van der Waals surface area contributed by atoms with Gasteiger partial charge >= 0.3 is 5.69 Å². The van der Waals surface area contributed by atoms with E-state index in [1.54, 1.807) is 4.57 Å². The number of aromatic nitrogens is 3. The Balaban J connectivity index is 1.66. The van der Waals surface area contributed by atoms with Gasteiger partial charge in [0.2, 0.25) is 5.91 Å². The quantitative estimate of drug-likeness (QED) is 0.599. The fourth-order valence-electron chi connectivity index (χ4n) is 2.88.